The van der Waals surface area contributed by atoms with Gasteiger partial charge in [-0.2, -0.15) is 0 Å². The molecule has 0 radical (unpaired) electrons. The fourth-order valence-corrected chi connectivity index (χ4v) is 4.93. The third kappa shape index (κ3) is 4.76. The second-order valence-electron chi connectivity index (χ2n) is 10.3. The molecule has 0 spiro atoms. The van der Waals surface area contributed by atoms with Gasteiger partial charge in [0.25, 0.3) is 11.5 Å². The quantitative estimate of drug-likeness (QED) is 0.693. The maximum Gasteiger partial charge on any atom is 0.330 e. The van der Waals surface area contributed by atoms with Crippen LogP contribution in [0.25, 0.3) is 11.0 Å². The largest absolute Gasteiger partial charge is 0.333 e. The van der Waals surface area contributed by atoms with Gasteiger partial charge in [0.05, 0.1) is 10.9 Å². The second-order valence-corrected chi connectivity index (χ2v) is 10.3. The number of amides is 1. The van der Waals surface area contributed by atoms with Crippen LogP contribution >= 0.6 is 0 Å². The number of piperidine rings is 1. The van der Waals surface area contributed by atoms with Gasteiger partial charge in [-0.1, -0.05) is 34.6 Å². The van der Waals surface area contributed by atoms with E-state index in [1.54, 1.807) is 6.07 Å². The van der Waals surface area contributed by atoms with Crippen molar-refractivity contribution >= 4 is 16.9 Å². The number of nitrogens with zero attached hydrogens (tertiary/aromatic N) is 4. The molecule has 0 unspecified atom stereocenters. The minimum absolute atomic E-state index is 0.0602. The fourth-order valence-electron chi connectivity index (χ4n) is 4.93. The van der Waals surface area contributed by atoms with E-state index in [0.717, 1.165) is 51.0 Å². The maximum atomic E-state index is 14.1. The predicted molar refractivity (Wildman–Crippen MR) is 130 cm³/mol. The van der Waals surface area contributed by atoms with Gasteiger partial charge < -0.3 is 9.80 Å². The number of pyridine rings is 1. The Labute approximate surface area is 195 Å². The van der Waals surface area contributed by atoms with E-state index in [1.807, 2.05) is 32.6 Å². The Balaban J connectivity index is 1.85. The Hall–Kier alpha value is -2.48. The van der Waals surface area contributed by atoms with E-state index in [0.29, 0.717) is 17.8 Å². The van der Waals surface area contributed by atoms with Crippen molar-refractivity contribution in [3.05, 3.63) is 38.2 Å². The zero-order valence-corrected chi connectivity index (χ0v) is 20.6. The average Bonchev–Trinajstić information content (AvgIpc) is 3.61. The molecule has 1 saturated carbocycles. The first-order valence-corrected chi connectivity index (χ1v) is 12.4. The number of carbonyl (C=O) groups excluding carboxylic acids is 1. The summed E-state index contributed by atoms with van der Waals surface area (Å²) in [4.78, 5) is 51.4. The van der Waals surface area contributed by atoms with Crippen molar-refractivity contribution in [3.63, 3.8) is 0 Å². The number of rotatable bonds is 7. The van der Waals surface area contributed by atoms with E-state index in [4.69, 9.17) is 4.98 Å². The monoisotopic (exact) mass is 455 g/mol. The van der Waals surface area contributed by atoms with Gasteiger partial charge in [0.2, 0.25) is 0 Å². The van der Waals surface area contributed by atoms with E-state index in [2.05, 4.69) is 16.8 Å². The molecule has 1 amide bonds. The minimum Gasteiger partial charge on any atom is -0.333 e. The van der Waals surface area contributed by atoms with Crippen molar-refractivity contribution in [2.45, 2.75) is 84.8 Å². The number of H-pyrrole nitrogens is 1. The summed E-state index contributed by atoms with van der Waals surface area (Å²) in [6.07, 6.45) is 3.91. The van der Waals surface area contributed by atoms with Crippen LogP contribution in [-0.2, 0) is 6.54 Å². The summed E-state index contributed by atoms with van der Waals surface area (Å²) in [5.41, 5.74) is 0.428. The Morgan fingerprint density at radius 2 is 1.76 bits per heavy atom. The highest BCUT2D eigenvalue weighted by atomic mass is 16.2. The Morgan fingerprint density at radius 1 is 1.12 bits per heavy atom. The molecule has 2 aromatic rings. The van der Waals surface area contributed by atoms with Crippen LogP contribution < -0.4 is 11.2 Å². The van der Waals surface area contributed by atoms with Gasteiger partial charge >= 0.3 is 5.69 Å². The van der Waals surface area contributed by atoms with Crippen molar-refractivity contribution < 1.29 is 4.79 Å². The van der Waals surface area contributed by atoms with E-state index in [1.165, 1.54) is 4.57 Å². The normalized spacial score (nSPS) is 17.9. The number of aromatic amines is 1. The Kier molecular flexibility index (Phi) is 6.75. The third-order valence-corrected chi connectivity index (χ3v) is 6.91. The molecule has 1 aliphatic carbocycles. The summed E-state index contributed by atoms with van der Waals surface area (Å²) >= 11 is 0. The highest BCUT2D eigenvalue weighted by molar-refractivity contribution is 6.05. The van der Waals surface area contributed by atoms with Crippen molar-refractivity contribution in [2.75, 3.05) is 19.6 Å². The molecular formula is C25H37N5O3. The summed E-state index contributed by atoms with van der Waals surface area (Å²) in [6.45, 7) is 13.7. The molecule has 2 aromatic heterocycles. The summed E-state index contributed by atoms with van der Waals surface area (Å²) in [6, 6.07) is 2.20. The van der Waals surface area contributed by atoms with Crippen LogP contribution in [0.1, 0.15) is 82.3 Å². The molecule has 8 nitrogen and oxygen atoms in total. The maximum absolute atomic E-state index is 14.1. The molecule has 180 valence electrons. The summed E-state index contributed by atoms with van der Waals surface area (Å²) in [5.74, 6) is 0.152. The van der Waals surface area contributed by atoms with Crippen molar-refractivity contribution in [3.8, 4) is 0 Å². The van der Waals surface area contributed by atoms with E-state index >= 15 is 0 Å². The SMILES string of the molecule is CCN1CCC(N(C(=O)c2cc(C(C)C)nc3c2c(=O)[nH]c(=O)n3CC(C)C)C2CC2)CC1. The lowest BCUT2D eigenvalue weighted by molar-refractivity contribution is 0.0556. The Bertz CT molecular complexity index is 1140. The van der Waals surface area contributed by atoms with Gasteiger partial charge in [0.15, 0.2) is 5.65 Å². The van der Waals surface area contributed by atoms with Crippen molar-refractivity contribution in [1.82, 2.24) is 24.3 Å². The first kappa shape index (κ1) is 23.7. The molecule has 8 heteroatoms. The highest BCUT2D eigenvalue weighted by Gasteiger charge is 2.40. The fraction of sp³-hybridized carbons (Fsp3) is 0.680. The topological polar surface area (TPSA) is 91.3 Å². The standard InChI is InChI=1S/C25H37N5O3/c1-6-28-11-9-18(10-12-28)30(17-7-8-17)24(32)19-13-20(16(4)5)26-22-21(19)23(31)27-25(33)29(22)14-15(2)3/h13,15-18H,6-12,14H2,1-5H3,(H,27,31,33). The molecule has 3 heterocycles. The first-order chi connectivity index (χ1) is 15.7. The van der Waals surface area contributed by atoms with Gasteiger partial charge in [0, 0.05) is 37.4 Å². The van der Waals surface area contributed by atoms with Crippen LogP contribution in [0.2, 0.25) is 0 Å². The smallest absolute Gasteiger partial charge is 0.330 e. The lowest BCUT2D eigenvalue weighted by atomic mass is 9.99. The molecule has 2 fully saturated rings. The lowest BCUT2D eigenvalue weighted by Gasteiger charge is -2.38. The van der Waals surface area contributed by atoms with Gasteiger partial charge in [-0.05, 0) is 50.1 Å². The minimum atomic E-state index is -0.530. The lowest BCUT2D eigenvalue weighted by Crippen LogP contribution is -2.48. The molecule has 1 saturated heterocycles. The Morgan fingerprint density at radius 3 is 2.30 bits per heavy atom. The second kappa shape index (κ2) is 9.41. The van der Waals surface area contributed by atoms with Gasteiger partial charge in [-0.3, -0.25) is 19.1 Å². The van der Waals surface area contributed by atoms with Gasteiger partial charge in [-0.25, -0.2) is 9.78 Å². The first-order valence-electron chi connectivity index (χ1n) is 12.4. The third-order valence-electron chi connectivity index (χ3n) is 6.91. The molecular weight excluding hydrogens is 418 g/mol. The molecule has 0 aromatic carbocycles. The molecule has 33 heavy (non-hydrogen) atoms. The van der Waals surface area contributed by atoms with Crippen LogP contribution in [0.3, 0.4) is 0 Å². The van der Waals surface area contributed by atoms with Crippen LogP contribution in [0.5, 0.6) is 0 Å². The summed E-state index contributed by atoms with van der Waals surface area (Å²) in [7, 11) is 0. The van der Waals surface area contributed by atoms with Crippen LogP contribution in [-0.4, -0.2) is 62.0 Å². The predicted octanol–water partition coefficient (Wildman–Crippen LogP) is 2.95. The van der Waals surface area contributed by atoms with E-state index in [9.17, 15) is 14.4 Å². The molecule has 4 rings (SSSR count). The number of likely N-dealkylation sites (tertiary alicyclic amines) is 1. The van der Waals surface area contributed by atoms with Crippen LogP contribution in [0.15, 0.2) is 15.7 Å². The van der Waals surface area contributed by atoms with Gasteiger partial charge in [0.1, 0.15) is 0 Å². The zero-order chi connectivity index (χ0) is 23.9. The van der Waals surface area contributed by atoms with Crippen LogP contribution in [0.4, 0.5) is 0 Å². The van der Waals surface area contributed by atoms with E-state index < -0.39 is 11.2 Å². The van der Waals surface area contributed by atoms with Gasteiger partial charge in [-0.15, -0.1) is 0 Å². The summed E-state index contributed by atoms with van der Waals surface area (Å²) < 4.78 is 1.52. The number of aromatic nitrogens is 3. The molecule has 0 atom stereocenters. The number of hydrogen-bond donors (Lipinski definition) is 1. The van der Waals surface area contributed by atoms with Crippen molar-refractivity contribution in [2.24, 2.45) is 5.92 Å². The molecule has 1 aliphatic heterocycles. The average molecular weight is 456 g/mol. The molecule has 1 N–H and O–H groups in total. The number of fused-ring (bicyclic) bond motifs is 1. The molecule has 2 aliphatic rings. The number of carbonyl (C=O) groups is 1. The van der Waals surface area contributed by atoms with E-state index in [-0.39, 0.29) is 35.2 Å². The molecule has 0 bridgehead atoms. The van der Waals surface area contributed by atoms with Crippen molar-refractivity contribution in [1.29, 1.82) is 0 Å². The van der Waals surface area contributed by atoms with Crippen LogP contribution in [0, 0.1) is 5.92 Å². The zero-order valence-electron chi connectivity index (χ0n) is 20.6. The number of hydrogen-bond acceptors (Lipinski definition) is 5. The number of nitrogens with one attached hydrogen (secondary N) is 1. The summed E-state index contributed by atoms with van der Waals surface area (Å²) in [5, 5.41) is 0.237. The highest BCUT2D eigenvalue weighted by Crippen LogP contribution is 2.34.